The highest BCUT2D eigenvalue weighted by atomic mass is 16.1. The van der Waals surface area contributed by atoms with Gasteiger partial charge in [-0.2, -0.15) is 5.10 Å². The van der Waals surface area contributed by atoms with Gasteiger partial charge in [0, 0.05) is 36.2 Å². The first-order chi connectivity index (χ1) is 9.75. The summed E-state index contributed by atoms with van der Waals surface area (Å²) in [6.07, 6.45) is 5.97. The highest BCUT2D eigenvalue weighted by Gasteiger charge is 2.18. The fraction of sp³-hybridized carbons (Fsp3) is 0.188. The molecule has 1 aromatic heterocycles. The van der Waals surface area contributed by atoms with Crippen LogP contribution >= 0.6 is 0 Å². The number of ketones is 1. The second kappa shape index (κ2) is 5.25. The van der Waals surface area contributed by atoms with Gasteiger partial charge in [-0.1, -0.05) is 12.1 Å². The number of hydrogen-bond acceptors (Lipinski definition) is 4. The molecule has 4 heteroatoms. The molecule has 0 aliphatic carbocycles. The van der Waals surface area contributed by atoms with Crippen molar-refractivity contribution in [1.29, 1.82) is 0 Å². The van der Waals surface area contributed by atoms with Gasteiger partial charge in [0.2, 0.25) is 0 Å². The van der Waals surface area contributed by atoms with E-state index in [1.54, 1.807) is 24.5 Å². The quantitative estimate of drug-likeness (QED) is 0.868. The zero-order valence-corrected chi connectivity index (χ0v) is 11.2. The van der Waals surface area contributed by atoms with Gasteiger partial charge in [0.05, 0.1) is 6.04 Å². The van der Waals surface area contributed by atoms with Crippen LogP contribution in [0.2, 0.25) is 0 Å². The lowest BCUT2D eigenvalue weighted by molar-refractivity contribution is 0.103. The van der Waals surface area contributed by atoms with E-state index in [2.05, 4.69) is 15.5 Å². The minimum absolute atomic E-state index is 0.00161. The number of carbonyl (C=O) groups is 1. The van der Waals surface area contributed by atoms with Crippen LogP contribution in [0, 0.1) is 6.92 Å². The second-order valence-corrected chi connectivity index (χ2v) is 4.87. The van der Waals surface area contributed by atoms with E-state index in [1.807, 2.05) is 31.3 Å². The molecule has 3 rings (SSSR count). The molecule has 0 amide bonds. The van der Waals surface area contributed by atoms with Crippen molar-refractivity contribution < 1.29 is 4.79 Å². The van der Waals surface area contributed by atoms with Gasteiger partial charge in [-0.05, 0) is 36.2 Å². The average molecular weight is 265 g/mol. The van der Waals surface area contributed by atoms with Gasteiger partial charge < -0.3 is 5.43 Å². The lowest BCUT2D eigenvalue weighted by Gasteiger charge is -2.14. The van der Waals surface area contributed by atoms with Gasteiger partial charge in [-0.3, -0.25) is 9.78 Å². The van der Waals surface area contributed by atoms with Crippen LogP contribution in [0.5, 0.6) is 0 Å². The number of nitrogens with one attached hydrogen (secondary N) is 1. The summed E-state index contributed by atoms with van der Waals surface area (Å²) in [4.78, 5) is 16.4. The van der Waals surface area contributed by atoms with Crippen LogP contribution < -0.4 is 5.43 Å². The summed E-state index contributed by atoms with van der Waals surface area (Å²) in [5.41, 5.74) is 6.65. The van der Waals surface area contributed by atoms with Crippen LogP contribution in [0.1, 0.15) is 39.5 Å². The van der Waals surface area contributed by atoms with E-state index in [0.29, 0.717) is 11.1 Å². The molecule has 1 aliphatic heterocycles. The van der Waals surface area contributed by atoms with Gasteiger partial charge in [0.25, 0.3) is 0 Å². The molecule has 0 radical (unpaired) electrons. The predicted molar refractivity (Wildman–Crippen MR) is 77.8 cm³/mol. The third kappa shape index (κ3) is 2.32. The van der Waals surface area contributed by atoms with Gasteiger partial charge in [0.15, 0.2) is 5.78 Å². The molecule has 20 heavy (non-hydrogen) atoms. The third-order valence-electron chi connectivity index (χ3n) is 3.50. The van der Waals surface area contributed by atoms with E-state index in [0.717, 1.165) is 17.5 Å². The number of pyridine rings is 1. The molecule has 0 saturated carbocycles. The Hall–Kier alpha value is -2.49. The molecule has 0 spiro atoms. The Morgan fingerprint density at radius 1 is 1.30 bits per heavy atom. The Labute approximate surface area is 117 Å². The molecule has 1 unspecified atom stereocenters. The van der Waals surface area contributed by atoms with E-state index in [1.165, 1.54) is 0 Å². The largest absolute Gasteiger partial charge is 0.303 e. The summed E-state index contributed by atoms with van der Waals surface area (Å²) in [5.74, 6) is -0.00161. The monoisotopic (exact) mass is 265 g/mol. The van der Waals surface area contributed by atoms with Gasteiger partial charge >= 0.3 is 0 Å². The maximum Gasteiger partial charge on any atom is 0.194 e. The first-order valence-electron chi connectivity index (χ1n) is 6.58. The molecule has 0 saturated heterocycles. The minimum atomic E-state index is -0.00161. The summed E-state index contributed by atoms with van der Waals surface area (Å²) in [6, 6.07) is 9.53. The van der Waals surface area contributed by atoms with E-state index in [-0.39, 0.29) is 11.8 Å². The zero-order chi connectivity index (χ0) is 13.9. The van der Waals surface area contributed by atoms with Crippen molar-refractivity contribution in [2.24, 2.45) is 5.10 Å². The van der Waals surface area contributed by atoms with Crippen molar-refractivity contribution in [2.75, 3.05) is 0 Å². The highest BCUT2D eigenvalue weighted by molar-refractivity contribution is 6.08. The molecule has 0 bridgehead atoms. The van der Waals surface area contributed by atoms with Crippen LogP contribution in [0.25, 0.3) is 0 Å². The molecule has 1 aromatic carbocycles. The van der Waals surface area contributed by atoms with Crippen molar-refractivity contribution in [1.82, 2.24) is 10.4 Å². The van der Waals surface area contributed by atoms with Crippen LogP contribution in [0.15, 0.2) is 47.8 Å². The smallest absolute Gasteiger partial charge is 0.194 e. The highest BCUT2D eigenvalue weighted by Crippen LogP contribution is 2.24. The third-order valence-corrected chi connectivity index (χ3v) is 3.50. The van der Waals surface area contributed by atoms with Crippen LogP contribution in [-0.4, -0.2) is 17.0 Å². The standard InChI is InChI=1S/C16H15N3O/c1-11-4-5-12(9-14(11)15-6-8-18-19-15)16(20)13-3-2-7-17-10-13/h2-5,7-10,15,19H,6H2,1H3. The number of hydrazone groups is 1. The molecule has 2 aromatic rings. The van der Waals surface area contributed by atoms with Crippen LogP contribution in [0.3, 0.4) is 0 Å². The summed E-state index contributed by atoms with van der Waals surface area (Å²) in [5, 5.41) is 4.05. The van der Waals surface area contributed by atoms with Gasteiger partial charge in [0.1, 0.15) is 0 Å². The van der Waals surface area contributed by atoms with Crippen molar-refractivity contribution in [3.05, 3.63) is 65.0 Å². The number of aromatic nitrogens is 1. The average Bonchev–Trinajstić information content (AvgIpc) is 3.02. The summed E-state index contributed by atoms with van der Waals surface area (Å²) in [6.45, 7) is 2.05. The van der Waals surface area contributed by atoms with Crippen molar-refractivity contribution in [3.8, 4) is 0 Å². The Balaban J connectivity index is 1.95. The van der Waals surface area contributed by atoms with Crippen molar-refractivity contribution >= 4 is 12.0 Å². The molecule has 2 heterocycles. The first kappa shape index (κ1) is 12.5. The van der Waals surface area contributed by atoms with Gasteiger partial charge in [-0.15, -0.1) is 0 Å². The Morgan fingerprint density at radius 3 is 2.90 bits per heavy atom. The number of rotatable bonds is 3. The number of nitrogens with zero attached hydrogens (tertiary/aromatic N) is 2. The zero-order valence-electron chi connectivity index (χ0n) is 11.2. The second-order valence-electron chi connectivity index (χ2n) is 4.87. The lowest BCUT2D eigenvalue weighted by atomic mass is 9.95. The first-order valence-corrected chi connectivity index (χ1v) is 6.58. The normalized spacial score (nSPS) is 16.9. The topological polar surface area (TPSA) is 54.4 Å². The Morgan fingerprint density at radius 2 is 2.20 bits per heavy atom. The SMILES string of the molecule is Cc1ccc(C(=O)c2cccnc2)cc1C1CC=NN1. The Bertz CT molecular complexity index is 657. The minimum Gasteiger partial charge on any atom is -0.303 e. The molecule has 1 aliphatic rings. The van der Waals surface area contributed by atoms with E-state index in [4.69, 9.17) is 0 Å². The Kier molecular flexibility index (Phi) is 3.29. The summed E-state index contributed by atoms with van der Waals surface area (Å²) < 4.78 is 0. The number of hydrogen-bond donors (Lipinski definition) is 1. The molecular weight excluding hydrogens is 250 g/mol. The number of aryl methyl sites for hydroxylation is 1. The molecular formula is C16H15N3O. The van der Waals surface area contributed by atoms with E-state index < -0.39 is 0 Å². The molecule has 4 nitrogen and oxygen atoms in total. The predicted octanol–water partition coefficient (Wildman–Crippen LogP) is 2.64. The number of carbonyl (C=O) groups excluding carboxylic acids is 1. The maximum absolute atomic E-state index is 12.4. The molecule has 0 fully saturated rings. The summed E-state index contributed by atoms with van der Waals surface area (Å²) in [7, 11) is 0. The number of benzene rings is 1. The lowest BCUT2D eigenvalue weighted by Crippen LogP contribution is -2.12. The van der Waals surface area contributed by atoms with Crippen LogP contribution in [0.4, 0.5) is 0 Å². The van der Waals surface area contributed by atoms with Crippen molar-refractivity contribution in [2.45, 2.75) is 19.4 Å². The molecule has 1 N–H and O–H groups in total. The van der Waals surface area contributed by atoms with E-state index in [9.17, 15) is 4.79 Å². The molecule has 1 atom stereocenters. The fourth-order valence-corrected chi connectivity index (χ4v) is 2.37. The molecule has 100 valence electrons. The van der Waals surface area contributed by atoms with Crippen LogP contribution in [-0.2, 0) is 0 Å². The van der Waals surface area contributed by atoms with Gasteiger partial charge in [-0.25, -0.2) is 0 Å². The van der Waals surface area contributed by atoms with E-state index >= 15 is 0 Å². The maximum atomic E-state index is 12.4. The van der Waals surface area contributed by atoms with Crippen molar-refractivity contribution in [3.63, 3.8) is 0 Å². The fourth-order valence-electron chi connectivity index (χ4n) is 2.37. The summed E-state index contributed by atoms with van der Waals surface area (Å²) >= 11 is 0.